The van der Waals surface area contributed by atoms with E-state index >= 15 is 0 Å². The molecule has 2 aliphatic rings. The van der Waals surface area contributed by atoms with E-state index in [9.17, 15) is 0 Å². The monoisotopic (exact) mass is 197 g/mol. The SMILES string of the molecule is CC(C)(C)C1(C2CCOC2)CCCN1. The van der Waals surface area contributed by atoms with Gasteiger partial charge in [-0.2, -0.15) is 0 Å². The van der Waals surface area contributed by atoms with Gasteiger partial charge in [0.15, 0.2) is 0 Å². The molecule has 2 heterocycles. The van der Waals surface area contributed by atoms with E-state index in [1.807, 2.05) is 0 Å². The van der Waals surface area contributed by atoms with Crippen molar-refractivity contribution in [1.29, 1.82) is 0 Å². The fourth-order valence-electron chi connectivity index (χ4n) is 3.29. The highest BCUT2D eigenvalue weighted by Gasteiger charge is 2.50. The van der Waals surface area contributed by atoms with Gasteiger partial charge in [-0.1, -0.05) is 20.8 Å². The van der Waals surface area contributed by atoms with Gasteiger partial charge in [0.2, 0.25) is 0 Å². The third-order valence-electron chi connectivity index (χ3n) is 4.15. The highest BCUT2D eigenvalue weighted by molar-refractivity contribution is 5.06. The first-order valence-electron chi connectivity index (χ1n) is 5.89. The van der Waals surface area contributed by atoms with Crippen LogP contribution in [0.4, 0.5) is 0 Å². The highest BCUT2D eigenvalue weighted by Crippen LogP contribution is 2.45. The lowest BCUT2D eigenvalue weighted by Crippen LogP contribution is -2.56. The summed E-state index contributed by atoms with van der Waals surface area (Å²) in [6, 6.07) is 0. The molecule has 2 rings (SSSR count). The van der Waals surface area contributed by atoms with Crippen molar-refractivity contribution in [2.75, 3.05) is 19.8 Å². The summed E-state index contributed by atoms with van der Waals surface area (Å²) in [5.74, 6) is 0.727. The Bertz CT molecular complexity index is 195. The average Bonchev–Trinajstić information content (AvgIpc) is 2.74. The third kappa shape index (κ3) is 1.49. The van der Waals surface area contributed by atoms with E-state index in [1.54, 1.807) is 0 Å². The van der Waals surface area contributed by atoms with Gasteiger partial charge in [-0.15, -0.1) is 0 Å². The molecule has 0 saturated carbocycles. The summed E-state index contributed by atoms with van der Waals surface area (Å²) in [5.41, 5.74) is 0.686. The van der Waals surface area contributed by atoms with Crippen LogP contribution in [0.5, 0.6) is 0 Å². The predicted octanol–water partition coefficient (Wildman–Crippen LogP) is 2.19. The largest absolute Gasteiger partial charge is 0.381 e. The molecular formula is C12H23NO. The van der Waals surface area contributed by atoms with Gasteiger partial charge in [-0.3, -0.25) is 0 Å². The van der Waals surface area contributed by atoms with E-state index in [2.05, 4.69) is 26.1 Å². The Hall–Kier alpha value is -0.0800. The van der Waals surface area contributed by atoms with Crippen LogP contribution in [0, 0.1) is 11.3 Å². The van der Waals surface area contributed by atoms with Gasteiger partial charge >= 0.3 is 0 Å². The fourth-order valence-corrected chi connectivity index (χ4v) is 3.29. The van der Waals surface area contributed by atoms with Crippen molar-refractivity contribution in [1.82, 2.24) is 5.32 Å². The number of nitrogens with one attached hydrogen (secondary N) is 1. The molecule has 2 aliphatic heterocycles. The number of rotatable bonds is 1. The minimum absolute atomic E-state index is 0.337. The van der Waals surface area contributed by atoms with Crippen molar-refractivity contribution in [3.8, 4) is 0 Å². The number of hydrogen-bond donors (Lipinski definition) is 1. The molecule has 1 N–H and O–H groups in total. The molecule has 2 fully saturated rings. The minimum atomic E-state index is 0.337. The summed E-state index contributed by atoms with van der Waals surface area (Å²) in [6.45, 7) is 10.2. The Balaban J connectivity index is 2.21. The van der Waals surface area contributed by atoms with E-state index in [0.29, 0.717) is 11.0 Å². The van der Waals surface area contributed by atoms with Crippen molar-refractivity contribution >= 4 is 0 Å². The Morgan fingerprint density at radius 3 is 2.57 bits per heavy atom. The molecule has 82 valence electrons. The molecule has 14 heavy (non-hydrogen) atoms. The zero-order valence-corrected chi connectivity index (χ0v) is 9.73. The smallest absolute Gasteiger partial charge is 0.0512 e. The molecule has 0 aromatic carbocycles. The van der Waals surface area contributed by atoms with Gasteiger partial charge in [0.05, 0.1) is 6.61 Å². The van der Waals surface area contributed by atoms with Crippen molar-refractivity contribution in [2.45, 2.75) is 45.6 Å². The molecule has 0 radical (unpaired) electrons. The summed E-state index contributed by atoms with van der Waals surface area (Å²) < 4.78 is 5.55. The third-order valence-corrected chi connectivity index (χ3v) is 4.15. The van der Waals surface area contributed by atoms with E-state index in [4.69, 9.17) is 4.74 Å². The van der Waals surface area contributed by atoms with Crippen LogP contribution in [-0.2, 0) is 4.74 Å². The Morgan fingerprint density at radius 2 is 2.14 bits per heavy atom. The maximum absolute atomic E-state index is 5.55. The second kappa shape index (κ2) is 3.49. The lowest BCUT2D eigenvalue weighted by Gasteiger charge is -2.46. The predicted molar refractivity (Wildman–Crippen MR) is 58.3 cm³/mol. The molecule has 0 aliphatic carbocycles. The summed E-state index contributed by atoms with van der Waals surface area (Å²) >= 11 is 0. The van der Waals surface area contributed by atoms with Crippen molar-refractivity contribution < 1.29 is 4.74 Å². The number of hydrogen-bond acceptors (Lipinski definition) is 2. The molecule has 0 bridgehead atoms. The van der Waals surface area contributed by atoms with Crippen LogP contribution in [0.1, 0.15) is 40.0 Å². The Morgan fingerprint density at radius 1 is 1.36 bits per heavy atom. The molecular weight excluding hydrogens is 174 g/mol. The second-order valence-electron chi connectivity index (χ2n) is 5.81. The molecule has 0 aromatic rings. The van der Waals surface area contributed by atoms with Crippen LogP contribution < -0.4 is 5.32 Å². The molecule has 0 amide bonds. The van der Waals surface area contributed by atoms with Gasteiger partial charge in [-0.25, -0.2) is 0 Å². The maximum atomic E-state index is 5.55. The van der Waals surface area contributed by atoms with Crippen LogP contribution in [0.25, 0.3) is 0 Å². The summed E-state index contributed by atoms with van der Waals surface area (Å²) in [5, 5.41) is 3.77. The first kappa shape index (κ1) is 10.4. The Kier molecular flexibility index (Phi) is 2.61. The van der Waals surface area contributed by atoms with E-state index in [0.717, 1.165) is 19.1 Å². The van der Waals surface area contributed by atoms with Crippen molar-refractivity contribution in [2.24, 2.45) is 11.3 Å². The number of ether oxygens (including phenoxy) is 1. The van der Waals surface area contributed by atoms with Gasteiger partial charge in [-0.05, 0) is 31.2 Å². The molecule has 2 nitrogen and oxygen atoms in total. The van der Waals surface area contributed by atoms with E-state index < -0.39 is 0 Å². The van der Waals surface area contributed by atoms with Gasteiger partial charge < -0.3 is 10.1 Å². The first-order chi connectivity index (χ1) is 6.56. The molecule has 0 aromatic heterocycles. The van der Waals surface area contributed by atoms with Crippen LogP contribution in [-0.4, -0.2) is 25.3 Å². The van der Waals surface area contributed by atoms with Crippen molar-refractivity contribution in [3.05, 3.63) is 0 Å². The lowest BCUT2D eigenvalue weighted by molar-refractivity contribution is 0.0729. The first-order valence-corrected chi connectivity index (χ1v) is 5.89. The van der Waals surface area contributed by atoms with E-state index in [1.165, 1.54) is 25.8 Å². The lowest BCUT2D eigenvalue weighted by atomic mass is 9.65. The van der Waals surface area contributed by atoms with Gasteiger partial charge in [0.25, 0.3) is 0 Å². The van der Waals surface area contributed by atoms with Crippen molar-refractivity contribution in [3.63, 3.8) is 0 Å². The minimum Gasteiger partial charge on any atom is -0.381 e. The zero-order valence-electron chi connectivity index (χ0n) is 9.73. The Labute approximate surface area is 87.4 Å². The van der Waals surface area contributed by atoms with Crippen LogP contribution in [0.2, 0.25) is 0 Å². The van der Waals surface area contributed by atoms with Gasteiger partial charge in [0, 0.05) is 18.1 Å². The van der Waals surface area contributed by atoms with Crippen LogP contribution >= 0.6 is 0 Å². The normalized spacial score (nSPS) is 39.2. The van der Waals surface area contributed by atoms with E-state index in [-0.39, 0.29) is 0 Å². The average molecular weight is 197 g/mol. The van der Waals surface area contributed by atoms with Gasteiger partial charge in [0.1, 0.15) is 0 Å². The zero-order chi connectivity index (χ0) is 10.2. The molecule has 2 heteroatoms. The summed E-state index contributed by atoms with van der Waals surface area (Å²) in [6.07, 6.45) is 3.89. The molecule has 0 spiro atoms. The maximum Gasteiger partial charge on any atom is 0.0512 e. The topological polar surface area (TPSA) is 21.3 Å². The summed E-state index contributed by atoms with van der Waals surface area (Å²) in [4.78, 5) is 0. The summed E-state index contributed by atoms with van der Waals surface area (Å²) in [7, 11) is 0. The molecule has 2 unspecified atom stereocenters. The quantitative estimate of drug-likeness (QED) is 0.696. The molecule has 2 saturated heterocycles. The second-order valence-corrected chi connectivity index (χ2v) is 5.81. The molecule has 2 atom stereocenters. The standard InChI is InChI=1S/C12H23NO/c1-11(2,3)12(6-4-7-13-12)10-5-8-14-9-10/h10,13H,4-9H2,1-3H3. The highest BCUT2D eigenvalue weighted by atomic mass is 16.5. The van der Waals surface area contributed by atoms with Crippen LogP contribution in [0.3, 0.4) is 0 Å². The van der Waals surface area contributed by atoms with Crippen LogP contribution in [0.15, 0.2) is 0 Å². The fraction of sp³-hybridized carbons (Fsp3) is 1.00.